The van der Waals surface area contributed by atoms with Crippen molar-refractivity contribution in [1.29, 1.82) is 0 Å². The van der Waals surface area contributed by atoms with Crippen molar-refractivity contribution >= 4 is 29.1 Å². The van der Waals surface area contributed by atoms with Crippen LogP contribution in [-0.4, -0.2) is 52.9 Å². The lowest BCUT2D eigenvalue weighted by atomic mass is 10.1. The molecule has 1 aromatic rings. The average molecular weight is 300 g/mol. The molecule has 1 unspecified atom stereocenters. The first-order valence-electron chi connectivity index (χ1n) is 6.50. The number of hydrogen-bond donors (Lipinski definition) is 0. The van der Waals surface area contributed by atoms with Crippen molar-refractivity contribution in [2.45, 2.75) is 18.9 Å². The predicted octanol–water partition coefficient (Wildman–Crippen LogP) is 2.31. The highest BCUT2D eigenvalue weighted by Crippen LogP contribution is 2.24. The van der Waals surface area contributed by atoms with Crippen LogP contribution >= 0.6 is 23.2 Å². The number of pyridine rings is 1. The van der Waals surface area contributed by atoms with Crippen LogP contribution in [0.1, 0.15) is 23.2 Å². The number of nitrogens with zero attached hydrogens (tertiary/aromatic N) is 3. The van der Waals surface area contributed by atoms with Gasteiger partial charge in [-0.25, -0.2) is 4.98 Å². The van der Waals surface area contributed by atoms with Crippen molar-refractivity contribution in [2.75, 3.05) is 26.2 Å². The number of halogens is 2. The van der Waals surface area contributed by atoms with Gasteiger partial charge in [0.25, 0.3) is 5.91 Å². The smallest absolute Gasteiger partial charge is 0.257 e. The molecule has 19 heavy (non-hydrogen) atoms. The number of amides is 1. The second-order valence-electron chi connectivity index (χ2n) is 5.06. The summed E-state index contributed by atoms with van der Waals surface area (Å²) >= 11 is 11.8. The fourth-order valence-electron chi connectivity index (χ4n) is 2.92. The second kappa shape index (κ2) is 5.27. The maximum Gasteiger partial charge on any atom is 0.257 e. The highest BCUT2D eigenvalue weighted by molar-refractivity contribution is 6.34. The topological polar surface area (TPSA) is 36.4 Å². The summed E-state index contributed by atoms with van der Waals surface area (Å²) in [5, 5.41) is 0.494. The van der Waals surface area contributed by atoms with E-state index >= 15 is 0 Å². The van der Waals surface area contributed by atoms with Gasteiger partial charge in [-0.2, -0.15) is 0 Å². The summed E-state index contributed by atoms with van der Waals surface area (Å²) in [7, 11) is 0. The maximum atomic E-state index is 12.5. The molecule has 102 valence electrons. The van der Waals surface area contributed by atoms with Gasteiger partial charge in [-0.05, 0) is 31.5 Å². The van der Waals surface area contributed by atoms with Crippen LogP contribution in [0.25, 0.3) is 0 Å². The molecule has 0 saturated carbocycles. The Labute approximate surface area is 122 Å². The third kappa shape index (κ3) is 2.57. The molecule has 0 aromatic carbocycles. The fourth-order valence-corrected chi connectivity index (χ4v) is 3.34. The van der Waals surface area contributed by atoms with Gasteiger partial charge in [0, 0.05) is 25.7 Å². The van der Waals surface area contributed by atoms with Crippen LogP contribution in [0.2, 0.25) is 10.3 Å². The van der Waals surface area contributed by atoms with Crippen LogP contribution in [0.3, 0.4) is 0 Å². The Morgan fingerprint density at radius 2 is 2.11 bits per heavy atom. The molecule has 0 N–H and O–H groups in total. The van der Waals surface area contributed by atoms with Gasteiger partial charge in [-0.3, -0.25) is 9.69 Å². The Balaban J connectivity index is 1.76. The summed E-state index contributed by atoms with van der Waals surface area (Å²) in [6.45, 7) is 3.66. The number of piperazine rings is 1. The summed E-state index contributed by atoms with van der Waals surface area (Å²) in [5.41, 5.74) is 0.442. The van der Waals surface area contributed by atoms with E-state index < -0.39 is 0 Å². The highest BCUT2D eigenvalue weighted by Gasteiger charge is 2.33. The van der Waals surface area contributed by atoms with Crippen molar-refractivity contribution in [2.24, 2.45) is 0 Å². The van der Waals surface area contributed by atoms with E-state index in [1.165, 1.54) is 12.8 Å². The molecule has 0 radical (unpaired) electrons. The molecule has 2 aliphatic heterocycles. The summed E-state index contributed by atoms with van der Waals surface area (Å²) < 4.78 is 0. The molecule has 4 nitrogen and oxygen atoms in total. The number of fused-ring (bicyclic) bond motifs is 1. The third-order valence-corrected chi connectivity index (χ3v) is 4.42. The van der Waals surface area contributed by atoms with Gasteiger partial charge in [-0.15, -0.1) is 0 Å². The molecule has 2 fully saturated rings. The molecule has 1 amide bonds. The summed E-state index contributed by atoms with van der Waals surface area (Å²) in [5.74, 6) is -0.0410. The Bertz CT molecular complexity index is 509. The molecule has 3 rings (SSSR count). The zero-order valence-electron chi connectivity index (χ0n) is 10.5. The van der Waals surface area contributed by atoms with Crippen molar-refractivity contribution < 1.29 is 4.79 Å². The van der Waals surface area contributed by atoms with Crippen LogP contribution in [-0.2, 0) is 0 Å². The van der Waals surface area contributed by atoms with Crippen LogP contribution in [0.4, 0.5) is 0 Å². The van der Waals surface area contributed by atoms with Gasteiger partial charge in [-0.1, -0.05) is 23.2 Å². The number of hydrogen-bond acceptors (Lipinski definition) is 3. The lowest BCUT2D eigenvalue weighted by Gasteiger charge is -2.37. The first-order chi connectivity index (χ1) is 9.15. The molecule has 2 aliphatic rings. The lowest BCUT2D eigenvalue weighted by Crippen LogP contribution is -2.52. The molecular weight excluding hydrogens is 285 g/mol. The van der Waals surface area contributed by atoms with E-state index in [9.17, 15) is 4.79 Å². The molecule has 0 spiro atoms. The summed E-state index contributed by atoms with van der Waals surface area (Å²) in [6.07, 6.45) is 2.41. The maximum absolute atomic E-state index is 12.5. The van der Waals surface area contributed by atoms with Crippen molar-refractivity contribution in [3.05, 3.63) is 28.0 Å². The van der Waals surface area contributed by atoms with Crippen molar-refractivity contribution in [3.8, 4) is 0 Å². The Hall–Kier alpha value is -0.840. The van der Waals surface area contributed by atoms with E-state index in [-0.39, 0.29) is 11.1 Å². The summed E-state index contributed by atoms with van der Waals surface area (Å²) in [6, 6.07) is 3.77. The van der Waals surface area contributed by atoms with Crippen LogP contribution in [0.5, 0.6) is 0 Å². The molecular formula is C13H15Cl2N3O. The number of aromatic nitrogens is 1. The predicted molar refractivity (Wildman–Crippen MR) is 74.8 cm³/mol. The minimum atomic E-state index is -0.0410. The van der Waals surface area contributed by atoms with E-state index in [1.807, 2.05) is 4.90 Å². The van der Waals surface area contributed by atoms with Crippen LogP contribution < -0.4 is 0 Å². The van der Waals surface area contributed by atoms with Crippen LogP contribution in [0.15, 0.2) is 12.1 Å². The normalized spacial score (nSPS) is 23.5. The molecule has 3 heterocycles. The summed E-state index contributed by atoms with van der Waals surface area (Å²) in [4.78, 5) is 20.7. The highest BCUT2D eigenvalue weighted by atomic mass is 35.5. The molecule has 6 heteroatoms. The monoisotopic (exact) mass is 299 g/mol. The zero-order valence-corrected chi connectivity index (χ0v) is 12.0. The lowest BCUT2D eigenvalue weighted by molar-refractivity contribution is 0.0571. The first kappa shape index (κ1) is 13.2. The Morgan fingerprint density at radius 3 is 2.89 bits per heavy atom. The minimum absolute atomic E-state index is 0.0410. The van der Waals surface area contributed by atoms with Gasteiger partial charge in [0.1, 0.15) is 10.3 Å². The van der Waals surface area contributed by atoms with E-state index in [0.717, 1.165) is 26.2 Å². The molecule has 1 aromatic heterocycles. The van der Waals surface area contributed by atoms with Crippen molar-refractivity contribution in [3.63, 3.8) is 0 Å². The van der Waals surface area contributed by atoms with E-state index in [4.69, 9.17) is 23.2 Å². The van der Waals surface area contributed by atoms with E-state index in [1.54, 1.807) is 12.1 Å². The Kier molecular flexibility index (Phi) is 3.65. The number of carbonyl (C=O) groups is 1. The van der Waals surface area contributed by atoms with Gasteiger partial charge in [0.15, 0.2) is 0 Å². The zero-order chi connectivity index (χ0) is 13.4. The van der Waals surface area contributed by atoms with Crippen LogP contribution in [0, 0.1) is 0 Å². The minimum Gasteiger partial charge on any atom is -0.336 e. The number of rotatable bonds is 1. The van der Waals surface area contributed by atoms with Gasteiger partial charge < -0.3 is 4.90 Å². The third-order valence-electron chi connectivity index (χ3n) is 3.92. The Morgan fingerprint density at radius 1 is 1.26 bits per heavy atom. The quantitative estimate of drug-likeness (QED) is 0.747. The van der Waals surface area contributed by atoms with Gasteiger partial charge >= 0.3 is 0 Å². The molecule has 1 atom stereocenters. The standard InChI is InChI=1S/C13H15Cl2N3O/c14-11-4-3-10(12(15)16-11)13(19)18-7-6-17-5-1-2-9(17)8-18/h3-4,9H,1-2,5-8H2. The average Bonchev–Trinajstić information content (AvgIpc) is 2.85. The largest absolute Gasteiger partial charge is 0.336 e. The number of carbonyl (C=O) groups excluding carboxylic acids is 1. The van der Waals surface area contributed by atoms with E-state index in [0.29, 0.717) is 16.8 Å². The second-order valence-corrected chi connectivity index (χ2v) is 5.80. The fraction of sp³-hybridized carbons (Fsp3) is 0.538. The van der Waals surface area contributed by atoms with Crippen molar-refractivity contribution in [1.82, 2.24) is 14.8 Å². The molecule has 0 aliphatic carbocycles. The molecule has 2 saturated heterocycles. The van der Waals surface area contributed by atoms with E-state index in [2.05, 4.69) is 9.88 Å². The first-order valence-corrected chi connectivity index (χ1v) is 7.26. The van der Waals surface area contributed by atoms with Gasteiger partial charge in [0.05, 0.1) is 5.56 Å². The van der Waals surface area contributed by atoms with Gasteiger partial charge in [0.2, 0.25) is 0 Å². The molecule has 0 bridgehead atoms. The SMILES string of the molecule is O=C(c1ccc(Cl)nc1Cl)N1CCN2CCCC2C1.